The van der Waals surface area contributed by atoms with Crippen molar-refractivity contribution in [2.75, 3.05) is 12.4 Å². The smallest absolute Gasteiger partial charge is 0.255 e. The van der Waals surface area contributed by atoms with Crippen molar-refractivity contribution < 1.29 is 9.90 Å². The summed E-state index contributed by atoms with van der Waals surface area (Å²) in [5, 5.41) is 21.4. The van der Waals surface area contributed by atoms with E-state index in [-0.39, 0.29) is 18.6 Å². The molecular formula is C22H27N5O2. The fraction of sp³-hybridized carbons (Fsp3) is 0.409. The molecule has 29 heavy (non-hydrogen) atoms. The van der Waals surface area contributed by atoms with Gasteiger partial charge in [0.15, 0.2) is 0 Å². The second kappa shape index (κ2) is 8.21. The molecule has 0 bridgehead atoms. The lowest BCUT2D eigenvalue weighted by Crippen LogP contribution is -2.26. The van der Waals surface area contributed by atoms with E-state index in [1.807, 2.05) is 36.3 Å². The van der Waals surface area contributed by atoms with Gasteiger partial charge >= 0.3 is 0 Å². The van der Waals surface area contributed by atoms with E-state index in [0.717, 1.165) is 65.5 Å². The molecule has 7 heteroatoms. The number of anilines is 1. The number of aliphatic hydroxyl groups excluding tert-OH is 1. The summed E-state index contributed by atoms with van der Waals surface area (Å²) in [6.07, 6.45) is 9.68. The van der Waals surface area contributed by atoms with Gasteiger partial charge < -0.3 is 15.7 Å². The topological polar surface area (TPSA) is 92.1 Å². The van der Waals surface area contributed by atoms with Crippen LogP contribution in [0.5, 0.6) is 0 Å². The van der Waals surface area contributed by atoms with Crippen LogP contribution in [0.1, 0.15) is 48.5 Å². The fourth-order valence-corrected chi connectivity index (χ4v) is 3.56. The molecule has 4 rings (SSSR count). The largest absolute Gasteiger partial charge is 0.392 e. The van der Waals surface area contributed by atoms with Crippen molar-refractivity contribution in [3.63, 3.8) is 0 Å². The number of pyridine rings is 1. The van der Waals surface area contributed by atoms with E-state index < -0.39 is 0 Å². The molecule has 1 aliphatic carbocycles. The van der Waals surface area contributed by atoms with Crippen molar-refractivity contribution in [3.8, 4) is 11.1 Å². The molecule has 1 aromatic carbocycles. The lowest BCUT2D eigenvalue weighted by molar-refractivity contribution is 0.0951. The zero-order valence-corrected chi connectivity index (χ0v) is 16.9. The van der Waals surface area contributed by atoms with Crippen molar-refractivity contribution in [1.29, 1.82) is 0 Å². The normalized spacial score (nSPS) is 13.6. The zero-order valence-electron chi connectivity index (χ0n) is 16.9. The van der Waals surface area contributed by atoms with E-state index in [2.05, 4.69) is 27.6 Å². The van der Waals surface area contributed by atoms with Gasteiger partial charge in [-0.1, -0.05) is 13.3 Å². The third-order valence-electron chi connectivity index (χ3n) is 5.36. The van der Waals surface area contributed by atoms with Crippen LogP contribution in [0.2, 0.25) is 0 Å². The first-order valence-corrected chi connectivity index (χ1v) is 10.2. The lowest BCUT2D eigenvalue weighted by Gasteiger charge is -2.15. The molecule has 2 heterocycles. The number of benzene rings is 1. The van der Waals surface area contributed by atoms with Gasteiger partial charge in [-0.15, -0.1) is 0 Å². The zero-order chi connectivity index (χ0) is 20.4. The Hall–Kier alpha value is -2.93. The van der Waals surface area contributed by atoms with E-state index in [1.54, 1.807) is 6.20 Å². The van der Waals surface area contributed by atoms with E-state index in [1.165, 1.54) is 0 Å². The standard InChI is InChI=1S/C22H27N5O2/c1-3-4-7-27-12-15(10-25-27)17-9-18-20(8-14(17)13-28)24-11-19(21(18)23-2)22(29)26-16-5-6-16/h8-12,16,28H,3-7,13H2,1-2H3,(H,23,24)(H,26,29). The van der Waals surface area contributed by atoms with E-state index in [9.17, 15) is 9.90 Å². The molecule has 3 aromatic rings. The molecule has 0 spiro atoms. The maximum absolute atomic E-state index is 12.7. The van der Waals surface area contributed by atoms with Crippen LogP contribution in [0.4, 0.5) is 5.69 Å². The van der Waals surface area contributed by atoms with Crippen LogP contribution in [0.25, 0.3) is 22.0 Å². The van der Waals surface area contributed by atoms with Crippen molar-refractivity contribution in [2.45, 2.75) is 51.8 Å². The van der Waals surface area contributed by atoms with Crippen LogP contribution >= 0.6 is 0 Å². The molecule has 1 saturated carbocycles. The first-order chi connectivity index (χ1) is 14.1. The van der Waals surface area contributed by atoms with Crippen LogP contribution in [0, 0.1) is 0 Å². The monoisotopic (exact) mass is 393 g/mol. The van der Waals surface area contributed by atoms with Gasteiger partial charge in [-0.05, 0) is 42.5 Å². The Balaban J connectivity index is 1.79. The number of aromatic nitrogens is 3. The second-order valence-electron chi connectivity index (χ2n) is 7.57. The summed E-state index contributed by atoms with van der Waals surface area (Å²) >= 11 is 0. The van der Waals surface area contributed by atoms with Crippen LogP contribution in [0.15, 0.2) is 30.7 Å². The van der Waals surface area contributed by atoms with Gasteiger partial charge in [-0.25, -0.2) is 0 Å². The SMILES string of the molecule is CCCCn1cc(-c2cc3c(NC)c(C(=O)NC4CC4)cnc3cc2CO)cn1. The molecule has 2 aromatic heterocycles. The van der Waals surface area contributed by atoms with Crippen molar-refractivity contribution in [1.82, 2.24) is 20.1 Å². The molecule has 152 valence electrons. The van der Waals surface area contributed by atoms with Crippen molar-refractivity contribution >= 4 is 22.5 Å². The van der Waals surface area contributed by atoms with Crippen LogP contribution < -0.4 is 10.6 Å². The van der Waals surface area contributed by atoms with Crippen molar-refractivity contribution in [2.24, 2.45) is 0 Å². The van der Waals surface area contributed by atoms with Gasteiger partial charge in [0.25, 0.3) is 5.91 Å². The number of rotatable bonds is 8. The highest BCUT2D eigenvalue weighted by Gasteiger charge is 2.25. The molecule has 0 aliphatic heterocycles. The van der Waals surface area contributed by atoms with Crippen molar-refractivity contribution in [3.05, 3.63) is 41.9 Å². The van der Waals surface area contributed by atoms with Crippen LogP contribution in [0.3, 0.4) is 0 Å². The number of nitrogens with zero attached hydrogens (tertiary/aromatic N) is 3. The lowest BCUT2D eigenvalue weighted by atomic mass is 9.98. The first kappa shape index (κ1) is 19.4. The van der Waals surface area contributed by atoms with Crippen LogP contribution in [-0.2, 0) is 13.2 Å². The molecule has 1 amide bonds. The summed E-state index contributed by atoms with van der Waals surface area (Å²) in [5.41, 5.74) is 4.66. The Labute approximate surface area is 170 Å². The number of aryl methyl sites for hydroxylation is 1. The summed E-state index contributed by atoms with van der Waals surface area (Å²) in [6, 6.07) is 4.16. The van der Waals surface area contributed by atoms with Gasteiger partial charge in [-0.2, -0.15) is 5.10 Å². The average molecular weight is 393 g/mol. The summed E-state index contributed by atoms with van der Waals surface area (Å²) < 4.78 is 1.93. The van der Waals surface area contributed by atoms with E-state index >= 15 is 0 Å². The molecule has 1 fully saturated rings. The third kappa shape index (κ3) is 3.96. The number of aliphatic hydroxyl groups is 1. The Morgan fingerprint density at radius 3 is 2.83 bits per heavy atom. The number of fused-ring (bicyclic) bond motifs is 1. The summed E-state index contributed by atoms with van der Waals surface area (Å²) in [4.78, 5) is 17.2. The minimum absolute atomic E-state index is 0.0914. The molecule has 1 aliphatic rings. The highest BCUT2D eigenvalue weighted by atomic mass is 16.3. The maximum atomic E-state index is 12.7. The molecule has 0 radical (unpaired) electrons. The Kier molecular flexibility index (Phi) is 5.49. The number of carbonyl (C=O) groups is 1. The molecule has 0 saturated heterocycles. The minimum atomic E-state index is -0.105. The molecule has 3 N–H and O–H groups in total. The Morgan fingerprint density at radius 2 is 2.14 bits per heavy atom. The number of unbranched alkanes of at least 4 members (excludes halogenated alkanes) is 1. The first-order valence-electron chi connectivity index (χ1n) is 10.2. The van der Waals surface area contributed by atoms with Gasteiger partial charge in [0.2, 0.25) is 0 Å². The number of amides is 1. The second-order valence-corrected chi connectivity index (χ2v) is 7.57. The fourth-order valence-electron chi connectivity index (χ4n) is 3.56. The number of hydrogen-bond donors (Lipinski definition) is 3. The maximum Gasteiger partial charge on any atom is 0.255 e. The highest BCUT2D eigenvalue weighted by Crippen LogP contribution is 2.33. The van der Waals surface area contributed by atoms with Gasteiger partial charge in [-0.3, -0.25) is 14.5 Å². The molecule has 0 atom stereocenters. The average Bonchev–Trinajstić information content (AvgIpc) is 3.43. The Morgan fingerprint density at radius 1 is 1.31 bits per heavy atom. The number of nitrogens with one attached hydrogen (secondary N) is 2. The van der Waals surface area contributed by atoms with E-state index in [4.69, 9.17) is 0 Å². The van der Waals surface area contributed by atoms with Gasteiger partial charge in [0.1, 0.15) is 0 Å². The van der Waals surface area contributed by atoms with Gasteiger partial charge in [0, 0.05) is 43.0 Å². The molecular weight excluding hydrogens is 366 g/mol. The highest BCUT2D eigenvalue weighted by molar-refractivity contribution is 6.08. The molecule has 7 nitrogen and oxygen atoms in total. The summed E-state index contributed by atoms with van der Waals surface area (Å²) in [6.45, 7) is 2.93. The minimum Gasteiger partial charge on any atom is -0.392 e. The van der Waals surface area contributed by atoms with Crippen LogP contribution in [-0.4, -0.2) is 38.9 Å². The number of carbonyl (C=O) groups excluding carboxylic acids is 1. The van der Waals surface area contributed by atoms with E-state index in [0.29, 0.717) is 5.56 Å². The quantitative estimate of drug-likeness (QED) is 0.546. The predicted molar refractivity (Wildman–Crippen MR) is 114 cm³/mol. The third-order valence-corrected chi connectivity index (χ3v) is 5.36. The van der Waals surface area contributed by atoms with Gasteiger partial charge in [0.05, 0.1) is 29.6 Å². The Bertz CT molecular complexity index is 1040. The molecule has 0 unspecified atom stereocenters. The summed E-state index contributed by atoms with van der Waals surface area (Å²) in [5.74, 6) is -0.105. The predicted octanol–water partition coefficient (Wildman–Crippen LogP) is 3.32. The number of hydrogen-bond acceptors (Lipinski definition) is 5. The summed E-state index contributed by atoms with van der Waals surface area (Å²) in [7, 11) is 1.81.